The zero-order valence-corrected chi connectivity index (χ0v) is 13.7. The fourth-order valence-corrected chi connectivity index (χ4v) is 3.72. The second-order valence-electron chi connectivity index (χ2n) is 6.61. The molecule has 0 bridgehead atoms. The summed E-state index contributed by atoms with van der Waals surface area (Å²) >= 11 is 0. The van der Waals surface area contributed by atoms with E-state index >= 15 is 0 Å². The van der Waals surface area contributed by atoms with Gasteiger partial charge in [-0.05, 0) is 18.9 Å². The molecule has 2 fully saturated rings. The Balaban J connectivity index is 1.61. The Bertz CT molecular complexity index is 709. The van der Waals surface area contributed by atoms with E-state index in [0.717, 1.165) is 6.42 Å². The van der Waals surface area contributed by atoms with Gasteiger partial charge in [0, 0.05) is 25.6 Å². The first-order chi connectivity index (χ1) is 11.7. The van der Waals surface area contributed by atoms with Crippen molar-refractivity contribution < 1.29 is 14.1 Å². The highest BCUT2D eigenvalue weighted by Gasteiger charge is 2.42. The Morgan fingerprint density at radius 2 is 2.00 bits per heavy atom. The lowest BCUT2D eigenvalue weighted by Crippen LogP contribution is -2.34. The van der Waals surface area contributed by atoms with E-state index in [1.807, 2.05) is 30.0 Å². The number of carbonyl (C=O) groups excluding carboxylic acids is 1. The summed E-state index contributed by atoms with van der Waals surface area (Å²) in [5.74, 6) is 1.65. The van der Waals surface area contributed by atoms with Crippen LogP contribution in [0.2, 0.25) is 0 Å². The number of hydrogen-bond acceptors (Lipinski definition) is 5. The van der Waals surface area contributed by atoms with Gasteiger partial charge in [-0.15, -0.1) is 0 Å². The Kier molecular flexibility index (Phi) is 4.06. The van der Waals surface area contributed by atoms with Gasteiger partial charge in [0.15, 0.2) is 5.82 Å². The van der Waals surface area contributed by atoms with Crippen LogP contribution >= 0.6 is 0 Å². The maximum Gasteiger partial charge on any atom is 0.232 e. The number of rotatable bonds is 3. The highest BCUT2D eigenvalue weighted by atomic mass is 16.5. The summed E-state index contributed by atoms with van der Waals surface area (Å²) in [6, 6.07) is 10.3. The number of aryl methyl sites for hydroxylation is 1. The van der Waals surface area contributed by atoms with Crippen LogP contribution in [-0.4, -0.2) is 47.3 Å². The largest absolute Gasteiger partial charge is 0.381 e. The highest BCUT2D eigenvalue weighted by molar-refractivity contribution is 5.79. The van der Waals surface area contributed by atoms with Crippen molar-refractivity contribution >= 4 is 5.91 Å². The molecule has 2 aliphatic rings. The van der Waals surface area contributed by atoms with Gasteiger partial charge in [-0.1, -0.05) is 35.5 Å². The lowest BCUT2D eigenvalue weighted by atomic mass is 9.89. The molecular formula is C18H21N3O3. The van der Waals surface area contributed by atoms with E-state index in [4.69, 9.17) is 9.26 Å². The smallest absolute Gasteiger partial charge is 0.232 e. The van der Waals surface area contributed by atoms with Crippen LogP contribution in [0.3, 0.4) is 0 Å². The normalized spacial score (nSPS) is 26.9. The maximum absolute atomic E-state index is 12.8. The molecule has 0 radical (unpaired) electrons. The molecule has 0 spiro atoms. The van der Waals surface area contributed by atoms with Crippen molar-refractivity contribution in [3.05, 3.63) is 47.6 Å². The zero-order chi connectivity index (χ0) is 16.5. The minimum absolute atomic E-state index is 0.00963. The van der Waals surface area contributed by atoms with Crippen LogP contribution in [0.25, 0.3) is 0 Å². The van der Waals surface area contributed by atoms with Crippen LogP contribution in [0, 0.1) is 12.8 Å². The van der Waals surface area contributed by atoms with Gasteiger partial charge >= 0.3 is 0 Å². The first-order valence-electron chi connectivity index (χ1n) is 8.44. The number of aromatic nitrogens is 2. The first kappa shape index (κ1) is 15.3. The average Bonchev–Trinajstić information content (AvgIpc) is 3.35. The minimum Gasteiger partial charge on any atom is -0.381 e. The van der Waals surface area contributed by atoms with Crippen molar-refractivity contribution in [3.63, 3.8) is 0 Å². The number of benzene rings is 1. The molecule has 0 unspecified atom stereocenters. The Labute approximate surface area is 140 Å². The van der Waals surface area contributed by atoms with Crippen molar-refractivity contribution in [1.29, 1.82) is 0 Å². The molecule has 3 heterocycles. The van der Waals surface area contributed by atoms with Gasteiger partial charge < -0.3 is 14.2 Å². The summed E-state index contributed by atoms with van der Waals surface area (Å²) in [7, 11) is 0. The molecule has 2 aliphatic heterocycles. The minimum atomic E-state index is -0.00963. The van der Waals surface area contributed by atoms with Crippen LogP contribution in [0.5, 0.6) is 0 Å². The monoisotopic (exact) mass is 327 g/mol. The van der Waals surface area contributed by atoms with Crippen molar-refractivity contribution in [2.75, 3.05) is 26.3 Å². The summed E-state index contributed by atoms with van der Waals surface area (Å²) < 4.78 is 10.8. The SMILES string of the molecule is Cc1noc([C@@H]2CN(C(=O)[C@@H]3CCOC3)C[C@H]2c2ccccc2)n1. The number of nitrogens with zero attached hydrogens (tertiary/aromatic N) is 3. The summed E-state index contributed by atoms with van der Waals surface area (Å²) in [6.07, 6.45) is 0.815. The van der Waals surface area contributed by atoms with Gasteiger partial charge in [0.25, 0.3) is 0 Å². The van der Waals surface area contributed by atoms with Gasteiger partial charge in [-0.3, -0.25) is 4.79 Å². The van der Waals surface area contributed by atoms with Gasteiger partial charge in [-0.2, -0.15) is 4.98 Å². The molecule has 24 heavy (non-hydrogen) atoms. The second-order valence-corrected chi connectivity index (χ2v) is 6.61. The Hall–Kier alpha value is -2.21. The molecule has 0 aliphatic carbocycles. The molecular weight excluding hydrogens is 306 g/mol. The van der Waals surface area contributed by atoms with E-state index in [1.54, 1.807) is 0 Å². The fourth-order valence-electron chi connectivity index (χ4n) is 3.72. The second kappa shape index (κ2) is 6.36. The zero-order valence-electron chi connectivity index (χ0n) is 13.7. The molecule has 2 aromatic rings. The predicted molar refractivity (Wildman–Crippen MR) is 86.5 cm³/mol. The average molecular weight is 327 g/mol. The summed E-state index contributed by atoms with van der Waals surface area (Å²) in [4.78, 5) is 19.2. The van der Waals surface area contributed by atoms with E-state index < -0.39 is 0 Å². The van der Waals surface area contributed by atoms with Crippen LogP contribution in [0.4, 0.5) is 0 Å². The molecule has 4 rings (SSSR count). The third-order valence-electron chi connectivity index (χ3n) is 5.00. The number of amides is 1. The third-order valence-corrected chi connectivity index (χ3v) is 5.00. The molecule has 0 saturated carbocycles. The van der Waals surface area contributed by atoms with Gasteiger partial charge in [0.1, 0.15) is 0 Å². The third kappa shape index (κ3) is 2.82. The Morgan fingerprint density at radius 1 is 1.21 bits per heavy atom. The molecule has 2 saturated heterocycles. The summed E-state index contributed by atoms with van der Waals surface area (Å²) in [6.45, 7) is 4.34. The van der Waals surface area contributed by atoms with Crippen LogP contribution in [0.15, 0.2) is 34.9 Å². The van der Waals surface area contributed by atoms with Gasteiger partial charge in [-0.25, -0.2) is 0 Å². The van der Waals surface area contributed by atoms with Crippen molar-refractivity contribution in [2.24, 2.45) is 5.92 Å². The number of hydrogen-bond donors (Lipinski definition) is 0. The van der Waals surface area contributed by atoms with E-state index in [-0.39, 0.29) is 23.7 Å². The molecule has 6 heteroatoms. The molecule has 126 valence electrons. The molecule has 1 aromatic carbocycles. The van der Waals surface area contributed by atoms with Crippen molar-refractivity contribution in [2.45, 2.75) is 25.2 Å². The molecule has 0 N–H and O–H groups in total. The number of ether oxygens (including phenoxy) is 1. The molecule has 1 aromatic heterocycles. The van der Waals surface area contributed by atoms with Gasteiger partial charge in [0.2, 0.25) is 11.8 Å². The van der Waals surface area contributed by atoms with E-state index in [1.165, 1.54) is 5.56 Å². The lowest BCUT2D eigenvalue weighted by Gasteiger charge is -2.19. The van der Waals surface area contributed by atoms with Crippen molar-refractivity contribution in [1.82, 2.24) is 15.0 Å². The van der Waals surface area contributed by atoms with Crippen LogP contribution < -0.4 is 0 Å². The van der Waals surface area contributed by atoms with Gasteiger partial charge in [0.05, 0.1) is 18.4 Å². The highest BCUT2D eigenvalue weighted by Crippen LogP contribution is 2.39. The predicted octanol–water partition coefficient (Wildman–Crippen LogP) is 2.12. The topological polar surface area (TPSA) is 68.5 Å². The maximum atomic E-state index is 12.8. The quantitative estimate of drug-likeness (QED) is 0.864. The number of carbonyl (C=O) groups is 1. The van der Waals surface area contributed by atoms with Crippen LogP contribution in [0.1, 0.15) is 35.5 Å². The van der Waals surface area contributed by atoms with E-state index in [2.05, 4.69) is 22.3 Å². The summed E-state index contributed by atoms with van der Waals surface area (Å²) in [5.41, 5.74) is 1.20. The summed E-state index contributed by atoms with van der Waals surface area (Å²) in [5, 5.41) is 3.93. The molecule has 6 nitrogen and oxygen atoms in total. The van der Waals surface area contributed by atoms with E-state index in [0.29, 0.717) is 38.0 Å². The fraction of sp³-hybridized carbons (Fsp3) is 0.500. The molecule has 1 amide bonds. The Morgan fingerprint density at radius 3 is 2.67 bits per heavy atom. The lowest BCUT2D eigenvalue weighted by molar-refractivity contribution is -0.134. The van der Waals surface area contributed by atoms with E-state index in [9.17, 15) is 4.79 Å². The molecule has 3 atom stereocenters. The standard InChI is InChI=1S/C18H21N3O3/c1-12-19-17(24-20-12)16-10-21(18(22)14-7-8-23-11-14)9-15(16)13-5-3-2-4-6-13/h2-6,14-16H,7-11H2,1H3/t14-,15+,16-/m1/s1. The van der Waals surface area contributed by atoms with Crippen LogP contribution in [-0.2, 0) is 9.53 Å². The number of likely N-dealkylation sites (tertiary alicyclic amines) is 1. The first-order valence-corrected chi connectivity index (χ1v) is 8.44. The van der Waals surface area contributed by atoms with Crippen molar-refractivity contribution in [3.8, 4) is 0 Å².